The number of nitrogens with zero attached hydrogens (tertiary/aromatic N) is 5. The van der Waals surface area contributed by atoms with Gasteiger partial charge < -0.3 is 24.2 Å². The van der Waals surface area contributed by atoms with Gasteiger partial charge in [0.1, 0.15) is 52.7 Å². The molecule has 8 rings (SSSR count). The molecule has 1 N–H and O–H groups in total. The normalized spacial score (nSPS) is 22.6. The smallest absolute Gasteiger partial charge is 0.319 e. The van der Waals surface area contributed by atoms with Crippen LogP contribution in [0.4, 0.5) is 14.6 Å². The number of halogens is 2. The van der Waals surface area contributed by atoms with Crippen molar-refractivity contribution < 1.29 is 28.1 Å². The summed E-state index contributed by atoms with van der Waals surface area (Å²) >= 11 is 0. The predicted molar refractivity (Wildman–Crippen MR) is 162 cm³/mol. The van der Waals surface area contributed by atoms with Crippen LogP contribution in [0.3, 0.4) is 0 Å². The molecular formula is C33H35F2N5O4. The molecule has 1 spiro atoms. The number of rotatable bonds is 5. The zero-order chi connectivity index (χ0) is 30.2. The molecule has 4 aliphatic rings. The van der Waals surface area contributed by atoms with E-state index in [0.29, 0.717) is 60.2 Å². The number of anilines is 1. The molecule has 0 saturated carbocycles. The van der Waals surface area contributed by atoms with Gasteiger partial charge in [-0.3, -0.25) is 4.90 Å². The van der Waals surface area contributed by atoms with Gasteiger partial charge in [0.15, 0.2) is 5.82 Å². The highest BCUT2D eigenvalue weighted by Crippen LogP contribution is 2.46. The zero-order valence-electron chi connectivity index (χ0n) is 25.0. The molecule has 2 aromatic heterocycles. The highest BCUT2D eigenvalue weighted by molar-refractivity contribution is 6.03. The molecular weight excluding hydrogens is 568 g/mol. The molecule has 0 bridgehead atoms. The van der Waals surface area contributed by atoms with Crippen molar-refractivity contribution in [1.82, 2.24) is 19.9 Å². The fourth-order valence-corrected chi connectivity index (χ4v) is 7.88. The van der Waals surface area contributed by atoms with Gasteiger partial charge in [-0.25, -0.2) is 13.8 Å². The Labute approximate surface area is 253 Å². The Morgan fingerprint density at radius 2 is 1.84 bits per heavy atom. The van der Waals surface area contributed by atoms with Gasteiger partial charge >= 0.3 is 6.01 Å². The summed E-state index contributed by atoms with van der Waals surface area (Å²) in [6.07, 6.45) is 5.42. The van der Waals surface area contributed by atoms with E-state index >= 15 is 8.78 Å². The average molecular weight is 604 g/mol. The van der Waals surface area contributed by atoms with Crippen LogP contribution in [-0.2, 0) is 11.2 Å². The standard InChI is InChI=1S/C33H35F2N5O4/c1-3-21-23(34)7-6-19-14-20(41)15-22(24(19)21)27-26(35)28-25-29(39(2)33(10-13-42-16-33)18-43-30(25)36-27)38-31(37-28)44-17-32-8-4-11-40(32)12-5-9-32/h6-7,14-15,41H,3-5,8-13,16-18H2,1-2H3. The van der Waals surface area contributed by atoms with Crippen LogP contribution in [0.1, 0.15) is 44.6 Å². The molecule has 3 saturated heterocycles. The largest absolute Gasteiger partial charge is 0.508 e. The summed E-state index contributed by atoms with van der Waals surface area (Å²) in [5, 5.41) is 12.1. The summed E-state index contributed by atoms with van der Waals surface area (Å²) in [6.45, 7) is 5.61. The van der Waals surface area contributed by atoms with Gasteiger partial charge in [0.2, 0.25) is 5.88 Å². The summed E-state index contributed by atoms with van der Waals surface area (Å²) in [5.41, 5.74) is 0.0279. The lowest BCUT2D eigenvalue weighted by atomic mass is 9.94. The number of aromatic hydroxyl groups is 1. The molecule has 0 radical (unpaired) electrons. The molecule has 0 amide bonds. The number of pyridine rings is 1. The van der Waals surface area contributed by atoms with Crippen molar-refractivity contribution in [3.8, 4) is 28.9 Å². The SMILES string of the molecule is CCc1c(F)ccc2cc(O)cc(-c3nc4c5c(nc(OCC67CCCN6CCC7)nc5c3F)N(C)C3(CCOC3)CO4)c12. The van der Waals surface area contributed by atoms with Gasteiger partial charge in [-0.1, -0.05) is 13.0 Å². The molecule has 1 unspecified atom stereocenters. The minimum Gasteiger partial charge on any atom is -0.508 e. The molecule has 44 heavy (non-hydrogen) atoms. The minimum absolute atomic E-state index is 0.00552. The van der Waals surface area contributed by atoms with Crippen LogP contribution >= 0.6 is 0 Å². The van der Waals surface area contributed by atoms with Crippen molar-refractivity contribution in [2.24, 2.45) is 0 Å². The Balaban J connectivity index is 1.34. The molecule has 11 heteroatoms. The number of aryl methyl sites for hydroxylation is 1. The first-order valence-electron chi connectivity index (χ1n) is 15.5. The summed E-state index contributed by atoms with van der Waals surface area (Å²) in [4.78, 5) is 18.7. The summed E-state index contributed by atoms with van der Waals surface area (Å²) in [7, 11) is 1.91. The molecule has 6 heterocycles. The maximum atomic E-state index is 16.9. The van der Waals surface area contributed by atoms with E-state index in [1.807, 2.05) is 18.9 Å². The number of phenols is 1. The highest BCUT2D eigenvalue weighted by atomic mass is 19.1. The van der Waals surface area contributed by atoms with Gasteiger partial charge in [-0.05, 0) is 86.1 Å². The number of ether oxygens (including phenoxy) is 3. The van der Waals surface area contributed by atoms with Crippen LogP contribution in [0.2, 0.25) is 0 Å². The fourth-order valence-electron chi connectivity index (χ4n) is 7.88. The predicted octanol–water partition coefficient (Wildman–Crippen LogP) is 5.39. The minimum atomic E-state index is -0.715. The fraction of sp³-hybridized carbons (Fsp3) is 0.485. The number of aromatic nitrogens is 3. The van der Waals surface area contributed by atoms with Gasteiger partial charge in [-0.2, -0.15) is 9.97 Å². The Hall–Kier alpha value is -3.83. The molecule has 9 nitrogen and oxygen atoms in total. The molecule has 1 atom stereocenters. The maximum Gasteiger partial charge on any atom is 0.319 e. The van der Waals surface area contributed by atoms with Crippen molar-refractivity contribution in [3.63, 3.8) is 0 Å². The number of hydrogen-bond acceptors (Lipinski definition) is 9. The van der Waals surface area contributed by atoms with Crippen LogP contribution in [-0.4, -0.2) is 82.6 Å². The Bertz CT molecular complexity index is 1800. The average Bonchev–Trinajstić information content (AvgIpc) is 3.74. The summed E-state index contributed by atoms with van der Waals surface area (Å²) in [5.74, 6) is -0.557. The lowest BCUT2D eigenvalue weighted by Crippen LogP contribution is -2.51. The Morgan fingerprint density at radius 3 is 2.59 bits per heavy atom. The van der Waals surface area contributed by atoms with E-state index in [4.69, 9.17) is 24.2 Å². The first-order chi connectivity index (χ1) is 21.3. The second-order valence-corrected chi connectivity index (χ2v) is 12.7. The van der Waals surface area contributed by atoms with E-state index in [9.17, 15) is 5.11 Å². The van der Waals surface area contributed by atoms with Crippen LogP contribution < -0.4 is 14.4 Å². The molecule has 3 fully saturated rings. The Morgan fingerprint density at radius 1 is 1.02 bits per heavy atom. The van der Waals surface area contributed by atoms with Gasteiger partial charge in [0.05, 0.1) is 12.1 Å². The first kappa shape index (κ1) is 27.7. The van der Waals surface area contributed by atoms with Crippen molar-refractivity contribution in [3.05, 3.63) is 41.5 Å². The van der Waals surface area contributed by atoms with Gasteiger partial charge in [0, 0.05) is 19.2 Å². The van der Waals surface area contributed by atoms with Gasteiger partial charge in [0.25, 0.3) is 0 Å². The van der Waals surface area contributed by atoms with Crippen LogP contribution in [0.25, 0.3) is 32.9 Å². The number of hydrogen-bond donors (Lipinski definition) is 1. The van der Waals surface area contributed by atoms with Crippen LogP contribution in [0, 0.1) is 11.6 Å². The molecule has 0 aliphatic carbocycles. The zero-order valence-corrected chi connectivity index (χ0v) is 25.0. The van der Waals surface area contributed by atoms with Crippen molar-refractivity contribution >= 4 is 27.5 Å². The van der Waals surface area contributed by atoms with E-state index in [1.165, 1.54) is 12.1 Å². The molecule has 2 aromatic carbocycles. The van der Waals surface area contributed by atoms with E-state index < -0.39 is 17.2 Å². The third-order valence-electron chi connectivity index (χ3n) is 10.3. The summed E-state index contributed by atoms with van der Waals surface area (Å²) in [6, 6.07) is 6.00. The van der Waals surface area contributed by atoms with E-state index in [0.717, 1.165) is 38.8 Å². The third kappa shape index (κ3) is 4.05. The second kappa shape index (κ2) is 10.1. The monoisotopic (exact) mass is 603 g/mol. The maximum absolute atomic E-state index is 16.9. The number of fused-ring (bicyclic) bond motifs is 2. The molecule has 4 aliphatic heterocycles. The third-order valence-corrected chi connectivity index (χ3v) is 10.3. The molecule has 230 valence electrons. The van der Waals surface area contributed by atoms with E-state index in [1.54, 1.807) is 12.1 Å². The lowest BCUT2D eigenvalue weighted by molar-refractivity contribution is 0.107. The number of phenolic OH excluding ortho intramolecular Hbond substituents is 1. The summed E-state index contributed by atoms with van der Waals surface area (Å²) < 4.78 is 50.5. The molecule has 4 aromatic rings. The van der Waals surface area contributed by atoms with Crippen molar-refractivity contribution in [2.75, 3.05) is 51.5 Å². The van der Waals surface area contributed by atoms with E-state index in [2.05, 4.69) is 9.88 Å². The number of benzene rings is 2. The number of likely N-dealkylation sites (N-methyl/N-ethyl adjacent to an activating group) is 1. The first-order valence-corrected chi connectivity index (χ1v) is 15.5. The van der Waals surface area contributed by atoms with Gasteiger partial charge in [-0.15, -0.1) is 0 Å². The lowest BCUT2D eigenvalue weighted by Gasteiger charge is -2.36. The van der Waals surface area contributed by atoms with Crippen molar-refractivity contribution in [2.45, 2.75) is 56.5 Å². The quantitative estimate of drug-likeness (QED) is 0.323. The van der Waals surface area contributed by atoms with Crippen LogP contribution in [0.15, 0.2) is 24.3 Å². The Kier molecular flexibility index (Phi) is 6.36. The van der Waals surface area contributed by atoms with Crippen molar-refractivity contribution in [1.29, 1.82) is 0 Å². The van der Waals surface area contributed by atoms with Crippen LogP contribution in [0.5, 0.6) is 17.6 Å². The van der Waals surface area contributed by atoms with E-state index in [-0.39, 0.29) is 46.6 Å². The highest BCUT2D eigenvalue weighted by Gasteiger charge is 2.46. The second-order valence-electron chi connectivity index (χ2n) is 12.7. The topological polar surface area (TPSA) is 93.1 Å².